The minimum Gasteiger partial charge on any atom is -0.370 e. The van der Waals surface area contributed by atoms with E-state index in [4.69, 9.17) is 4.98 Å². The highest BCUT2D eigenvalue weighted by Crippen LogP contribution is 2.34. The fourth-order valence-electron chi connectivity index (χ4n) is 4.95. The molecule has 1 aliphatic rings. The van der Waals surface area contributed by atoms with E-state index in [0.29, 0.717) is 40.4 Å². The Hall–Kier alpha value is -4.41. The predicted octanol–water partition coefficient (Wildman–Crippen LogP) is 5.22. The number of nitrogens with zero attached hydrogens (tertiary/aromatic N) is 6. The number of carbonyl (C=O) groups is 1. The van der Waals surface area contributed by atoms with Crippen molar-refractivity contribution in [2.45, 2.75) is 45.4 Å². The van der Waals surface area contributed by atoms with Crippen LogP contribution < -0.4 is 10.2 Å². The van der Waals surface area contributed by atoms with Gasteiger partial charge in [0.1, 0.15) is 16.9 Å². The highest BCUT2D eigenvalue weighted by Gasteiger charge is 2.23. The molecule has 1 fully saturated rings. The van der Waals surface area contributed by atoms with E-state index in [-0.39, 0.29) is 17.0 Å². The number of amides is 1. The minimum atomic E-state index is -0.549. The molecule has 0 spiro atoms. The Morgan fingerprint density at radius 1 is 1.13 bits per heavy atom. The van der Waals surface area contributed by atoms with E-state index < -0.39 is 5.82 Å². The van der Waals surface area contributed by atoms with Crippen molar-refractivity contribution < 1.29 is 9.18 Å². The molecule has 0 bridgehead atoms. The quantitative estimate of drug-likeness (QED) is 0.272. The second-order valence-electron chi connectivity index (χ2n) is 9.56. The average molecular weight is 514 g/mol. The number of aromatic amines is 2. The molecule has 0 saturated carbocycles. The molecule has 11 heteroatoms. The van der Waals surface area contributed by atoms with Crippen molar-refractivity contribution >= 4 is 39.3 Å². The van der Waals surface area contributed by atoms with E-state index in [1.165, 1.54) is 25.0 Å². The molecule has 0 aliphatic carbocycles. The SMILES string of the molecule is CCCCC(=O)Nc1cncc(-c2ncc3[nH]nc(-c4nc5c(N6CCCCC6)ccnc5[nH]4)c3c2F)c1. The Labute approximate surface area is 218 Å². The Kier molecular flexibility index (Phi) is 6.40. The first-order chi connectivity index (χ1) is 18.6. The first-order valence-electron chi connectivity index (χ1n) is 13.0. The number of imidazole rings is 1. The summed E-state index contributed by atoms with van der Waals surface area (Å²) in [6, 6.07) is 3.65. The molecular formula is C27H28FN9O. The number of pyridine rings is 3. The maximum Gasteiger partial charge on any atom is 0.224 e. The second kappa shape index (κ2) is 10.2. The van der Waals surface area contributed by atoms with Crippen molar-refractivity contribution in [1.29, 1.82) is 0 Å². The molecule has 0 unspecified atom stereocenters. The van der Waals surface area contributed by atoms with Crippen LogP contribution in [0.15, 0.2) is 36.9 Å². The van der Waals surface area contributed by atoms with Gasteiger partial charge in [-0.05, 0) is 37.8 Å². The third kappa shape index (κ3) is 4.44. The molecule has 1 amide bonds. The van der Waals surface area contributed by atoms with Crippen molar-refractivity contribution in [1.82, 2.24) is 35.1 Å². The van der Waals surface area contributed by atoms with Crippen LogP contribution in [0, 0.1) is 5.82 Å². The lowest BCUT2D eigenvalue weighted by atomic mass is 10.1. The molecule has 10 nitrogen and oxygen atoms in total. The molecule has 194 valence electrons. The molecule has 6 heterocycles. The van der Waals surface area contributed by atoms with E-state index in [1.807, 2.05) is 13.0 Å². The lowest BCUT2D eigenvalue weighted by molar-refractivity contribution is -0.116. The zero-order valence-corrected chi connectivity index (χ0v) is 21.1. The van der Waals surface area contributed by atoms with Gasteiger partial charge in [-0.1, -0.05) is 13.3 Å². The Morgan fingerprint density at radius 2 is 2.00 bits per heavy atom. The van der Waals surface area contributed by atoms with Crippen molar-refractivity contribution in [3.63, 3.8) is 0 Å². The third-order valence-corrected chi connectivity index (χ3v) is 6.88. The van der Waals surface area contributed by atoms with Gasteiger partial charge in [0.15, 0.2) is 17.3 Å². The summed E-state index contributed by atoms with van der Waals surface area (Å²) in [7, 11) is 0. The highest BCUT2D eigenvalue weighted by atomic mass is 19.1. The van der Waals surface area contributed by atoms with Crippen LogP contribution in [0.3, 0.4) is 0 Å². The number of H-pyrrole nitrogens is 2. The number of hydrogen-bond acceptors (Lipinski definition) is 7. The average Bonchev–Trinajstić information content (AvgIpc) is 3.57. The van der Waals surface area contributed by atoms with E-state index in [9.17, 15) is 4.79 Å². The molecule has 6 rings (SSSR count). The number of halogens is 1. The summed E-state index contributed by atoms with van der Waals surface area (Å²) >= 11 is 0. The molecule has 0 radical (unpaired) electrons. The van der Waals surface area contributed by atoms with Crippen LogP contribution in [-0.2, 0) is 4.79 Å². The highest BCUT2D eigenvalue weighted by molar-refractivity contribution is 5.97. The normalized spacial score (nSPS) is 13.9. The molecule has 0 aromatic carbocycles. The third-order valence-electron chi connectivity index (χ3n) is 6.88. The lowest BCUT2D eigenvalue weighted by Crippen LogP contribution is -2.29. The number of unbranched alkanes of at least 4 members (excludes halogenated alkanes) is 1. The van der Waals surface area contributed by atoms with Crippen LogP contribution in [0.5, 0.6) is 0 Å². The van der Waals surface area contributed by atoms with Gasteiger partial charge in [-0.2, -0.15) is 5.10 Å². The fourth-order valence-corrected chi connectivity index (χ4v) is 4.95. The summed E-state index contributed by atoms with van der Waals surface area (Å²) in [5, 5.41) is 10.3. The fraction of sp³-hybridized carbons (Fsp3) is 0.333. The predicted molar refractivity (Wildman–Crippen MR) is 144 cm³/mol. The number of fused-ring (bicyclic) bond motifs is 2. The zero-order chi connectivity index (χ0) is 26.1. The molecule has 5 aromatic heterocycles. The molecule has 1 saturated heterocycles. The lowest BCUT2D eigenvalue weighted by Gasteiger charge is -2.28. The molecule has 1 aliphatic heterocycles. The van der Waals surface area contributed by atoms with Crippen LogP contribution in [0.25, 0.3) is 44.8 Å². The standard InChI is InChI=1S/C27H28FN9O/c1-2-3-7-20(38)32-17-12-16(13-29-14-17)23-22(28)21-18(15-31-23)35-36-25(21)27-33-24-19(8-9-30-26(24)34-27)37-10-5-4-6-11-37/h8-9,12-15H,2-7,10-11H2,1H3,(H,32,38)(H,35,36)(H,30,33,34). The molecule has 3 N–H and O–H groups in total. The van der Waals surface area contributed by atoms with Gasteiger partial charge in [-0.25, -0.2) is 14.4 Å². The van der Waals surface area contributed by atoms with E-state index in [0.717, 1.165) is 50.0 Å². The minimum absolute atomic E-state index is 0.103. The van der Waals surface area contributed by atoms with Gasteiger partial charge in [0.2, 0.25) is 5.91 Å². The summed E-state index contributed by atoms with van der Waals surface area (Å²) < 4.78 is 16.0. The summed E-state index contributed by atoms with van der Waals surface area (Å²) in [4.78, 5) is 35.5. The van der Waals surface area contributed by atoms with Gasteiger partial charge in [-0.15, -0.1) is 0 Å². The monoisotopic (exact) mass is 513 g/mol. The molecule has 0 atom stereocenters. The zero-order valence-electron chi connectivity index (χ0n) is 21.1. The van der Waals surface area contributed by atoms with Gasteiger partial charge in [0.25, 0.3) is 0 Å². The van der Waals surface area contributed by atoms with E-state index in [1.54, 1.807) is 12.3 Å². The topological polar surface area (TPSA) is 128 Å². The van der Waals surface area contributed by atoms with Gasteiger partial charge in [0, 0.05) is 37.5 Å². The van der Waals surface area contributed by atoms with Crippen LogP contribution in [-0.4, -0.2) is 54.1 Å². The number of anilines is 2. The molecule has 38 heavy (non-hydrogen) atoms. The van der Waals surface area contributed by atoms with Crippen LogP contribution in [0.4, 0.5) is 15.8 Å². The number of hydrogen-bond donors (Lipinski definition) is 3. The van der Waals surface area contributed by atoms with Crippen molar-refractivity contribution in [2.75, 3.05) is 23.3 Å². The second-order valence-corrected chi connectivity index (χ2v) is 9.56. The summed E-state index contributed by atoms with van der Waals surface area (Å²) in [5.74, 6) is -0.226. The van der Waals surface area contributed by atoms with Crippen molar-refractivity contribution in [2.24, 2.45) is 0 Å². The number of piperidine rings is 1. The van der Waals surface area contributed by atoms with Crippen molar-refractivity contribution in [3.05, 3.63) is 42.7 Å². The van der Waals surface area contributed by atoms with Crippen molar-refractivity contribution in [3.8, 4) is 22.8 Å². The van der Waals surface area contributed by atoms with Gasteiger partial charge < -0.3 is 15.2 Å². The van der Waals surface area contributed by atoms with Crippen LogP contribution in [0.2, 0.25) is 0 Å². The first-order valence-corrected chi connectivity index (χ1v) is 13.0. The van der Waals surface area contributed by atoms with Gasteiger partial charge >= 0.3 is 0 Å². The number of carbonyl (C=O) groups excluding carboxylic acids is 1. The van der Waals surface area contributed by atoms with Crippen LogP contribution >= 0.6 is 0 Å². The van der Waals surface area contributed by atoms with E-state index in [2.05, 4.69) is 40.3 Å². The van der Waals surface area contributed by atoms with Gasteiger partial charge in [0.05, 0.1) is 34.7 Å². The molecular weight excluding hydrogens is 485 g/mol. The summed E-state index contributed by atoms with van der Waals surface area (Å²) in [5.41, 5.74) is 4.23. The maximum absolute atomic E-state index is 16.0. The first kappa shape index (κ1) is 24.0. The van der Waals surface area contributed by atoms with Crippen LogP contribution in [0.1, 0.15) is 45.4 Å². The number of nitrogens with one attached hydrogen (secondary N) is 3. The Morgan fingerprint density at radius 3 is 2.84 bits per heavy atom. The Balaban J connectivity index is 1.38. The largest absolute Gasteiger partial charge is 0.370 e. The number of aromatic nitrogens is 7. The maximum atomic E-state index is 16.0. The molecule has 5 aromatic rings. The van der Waals surface area contributed by atoms with Gasteiger partial charge in [-0.3, -0.25) is 19.9 Å². The smallest absolute Gasteiger partial charge is 0.224 e. The summed E-state index contributed by atoms with van der Waals surface area (Å²) in [6.45, 7) is 3.98. The Bertz CT molecular complexity index is 1620. The van der Waals surface area contributed by atoms with E-state index >= 15 is 4.39 Å². The summed E-state index contributed by atoms with van der Waals surface area (Å²) in [6.07, 6.45) is 12.0. The number of rotatable bonds is 7.